The maximum Gasteiger partial charge on any atom is 0.225 e. The van der Waals surface area contributed by atoms with E-state index in [4.69, 9.17) is 11.6 Å². The van der Waals surface area contributed by atoms with E-state index in [2.05, 4.69) is 35.6 Å². The minimum Gasteiger partial charge on any atom is -0.341 e. The average Bonchev–Trinajstić information content (AvgIpc) is 2.64. The highest BCUT2D eigenvalue weighted by molar-refractivity contribution is 6.17. The maximum atomic E-state index is 5.77. The number of alkyl halides is 1. The molecule has 19 heavy (non-hydrogen) atoms. The first-order chi connectivity index (χ1) is 9.00. The fourth-order valence-electron chi connectivity index (χ4n) is 2.74. The van der Waals surface area contributed by atoms with Crippen LogP contribution < -0.4 is 4.90 Å². The van der Waals surface area contributed by atoms with Crippen LogP contribution in [0.5, 0.6) is 0 Å². The van der Waals surface area contributed by atoms with Gasteiger partial charge in [0.1, 0.15) is 0 Å². The number of nitrogens with zero attached hydrogens (tertiary/aromatic N) is 3. The van der Waals surface area contributed by atoms with E-state index in [1.807, 2.05) is 12.4 Å². The first kappa shape index (κ1) is 14.6. The van der Waals surface area contributed by atoms with Gasteiger partial charge in [0.05, 0.1) is 5.88 Å². The Bertz CT molecular complexity index is 397. The predicted octanol–water partition coefficient (Wildman–Crippen LogP) is 3.87. The Hall–Kier alpha value is -0.830. The van der Waals surface area contributed by atoms with Crippen LogP contribution in [-0.4, -0.2) is 23.1 Å². The molecule has 0 amide bonds. The molecule has 1 aromatic rings. The molecule has 2 heterocycles. The van der Waals surface area contributed by atoms with Crippen LogP contribution in [-0.2, 0) is 5.88 Å². The number of aromatic nitrogens is 2. The highest BCUT2D eigenvalue weighted by Crippen LogP contribution is 2.34. The zero-order valence-electron chi connectivity index (χ0n) is 12.2. The number of hydrogen-bond acceptors (Lipinski definition) is 3. The molecule has 4 heteroatoms. The van der Waals surface area contributed by atoms with E-state index in [0.717, 1.165) is 30.5 Å². The first-order valence-electron chi connectivity index (χ1n) is 7.12. The summed E-state index contributed by atoms with van der Waals surface area (Å²) in [5.74, 6) is 2.12. The second-order valence-corrected chi connectivity index (χ2v) is 6.77. The second-order valence-electron chi connectivity index (χ2n) is 6.51. The summed E-state index contributed by atoms with van der Waals surface area (Å²) in [7, 11) is 0. The van der Waals surface area contributed by atoms with Crippen LogP contribution >= 0.6 is 11.6 Å². The van der Waals surface area contributed by atoms with Crippen LogP contribution in [0.3, 0.4) is 0 Å². The Morgan fingerprint density at radius 3 is 2.47 bits per heavy atom. The van der Waals surface area contributed by atoms with E-state index in [-0.39, 0.29) is 0 Å². The van der Waals surface area contributed by atoms with Gasteiger partial charge < -0.3 is 4.90 Å². The molecule has 1 aliphatic rings. The Morgan fingerprint density at radius 1 is 1.21 bits per heavy atom. The lowest BCUT2D eigenvalue weighted by Gasteiger charge is -2.29. The molecule has 0 aliphatic carbocycles. The van der Waals surface area contributed by atoms with Gasteiger partial charge in [-0.1, -0.05) is 20.8 Å². The highest BCUT2D eigenvalue weighted by atomic mass is 35.5. The van der Waals surface area contributed by atoms with Crippen molar-refractivity contribution in [2.24, 2.45) is 11.3 Å². The summed E-state index contributed by atoms with van der Waals surface area (Å²) < 4.78 is 0. The van der Waals surface area contributed by atoms with Crippen molar-refractivity contribution in [1.82, 2.24) is 9.97 Å². The topological polar surface area (TPSA) is 29.0 Å². The molecule has 106 valence electrons. The van der Waals surface area contributed by atoms with Crippen molar-refractivity contribution >= 4 is 17.5 Å². The summed E-state index contributed by atoms with van der Waals surface area (Å²) in [6.45, 7) is 9.16. The lowest BCUT2D eigenvalue weighted by atomic mass is 9.77. The fourth-order valence-corrected chi connectivity index (χ4v) is 2.88. The maximum absolute atomic E-state index is 5.77. The number of rotatable bonds is 2. The van der Waals surface area contributed by atoms with Crippen LogP contribution in [0.4, 0.5) is 5.95 Å². The van der Waals surface area contributed by atoms with Crippen LogP contribution in [0.1, 0.15) is 45.6 Å². The summed E-state index contributed by atoms with van der Waals surface area (Å²) in [4.78, 5) is 11.2. The zero-order chi connectivity index (χ0) is 13.9. The molecule has 1 saturated heterocycles. The second kappa shape index (κ2) is 6.08. The summed E-state index contributed by atoms with van der Waals surface area (Å²) in [6, 6.07) is 0. The molecule has 0 bridgehead atoms. The number of hydrogen-bond donors (Lipinski definition) is 0. The summed E-state index contributed by atoms with van der Waals surface area (Å²) in [5, 5.41) is 0. The van der Waals surface area contributed by atoms with E-state index < -0.39 is 0 Å². The lowest BCUT2D eigenvalue weighted by Crippen LogP contribution is -2.27. The third kappa shape index (κ3) is 3.82. The lowest BCUT2D eigenvalue weighted by molar-refractivity contribution is 0.220. The summed E-state index contributed by atoms with van der Waals surface area (Å²) in [5.41, 5.74) is 1.38. The zero-order valence-corrected chi connectivity index (χ0v) is 13.0. The van der Waals surface area contributed by atoms with Crippen LogP contribution in [0, 0.1) is 11.3 Å². The fraction of sp³-hybridized carbons (Fsp3) is 0.733. The van der Waals surface area contributed by atoms with Gasteiger partial charge >= 0.3 is 0 Å². The number of halogens is 1. The van der Waals surface area contributed by atoms with Crippen molar-refractivity contribution < 1.29 is 0 Å². The molecule has 0 N–H and O–H groups in total. The third-order valence-electron chi connectivity index (χ3n) is 4.08. The van der Waals surface area contributed by atoms with E-state index in [1.165, 1.54) is 19.3 Å². The van der Waals surface area contributed by atoms with Gasteiger partial charge in [0.25, 0.3) is 0 Å². The van der Waals surface area contributed by atoms with Crippen molar-refractivity contribution in [2.75, 3.05) is 18.0 Å². The SMILES string of the molecule is CC(C)(C)C1CCCN(c2ncc(CCl)cn2)CC1. The molecule has 1 unspecified atom stereocenters. The minimum absolute atomic E-state index is 0.402. The molecule has 0 aromatic carbocycles. The van der Waals surface area contributed by atoms with Crippen LogP contribution in [0.2, 0.25) is 0 Å². The molecule has 1 fully saturated rings. The molecule has 2 rings (SSSR count). The summed E-state index contributed by atoms with van der Waals surface area (Å²) >= 11 is 5.77. The first-order valence-corrected chi connectivity index (χ1v) is 7.66. The van der Waals surface area contributed by atoms with Crippen molar-refractivity contribution in [3.8, 4) is 0 Å². The smallest absolute Gasteiger partial charge is 0.225 e. The van der Waals surface area contributed by atoms with E-state index >= 15 is 0 Å². The van der Waals surface area contributed by atoms with Gasteiger partial charge in [-0.05, 0) is 30.6 Å². The Kier molecular flexibility index (Phi) is 4.67. The van der Waals surface area contributed by atoms with Gasteiger partial charge in [-0.2, -0.15) is 0 Å². The van der Waals surface area contributed by atoms with Crippen LogP contribution in [0.15, 0.2) is 12.4 Å². The van der Waals surface area contributed by atoms with Crippen molar-refractivity contribution in [2.45, 2.75) is 45.9 Å². The molecular formula is C15H24ClN3. The normalized spacial score (nSPS) is 21.3. The van der Waals surface area contributed by atoms with Crippen molar-refractivity contribution in [1.29, 1.82) is 0 Å². The van der Waals surface area contributed by atoms with Crippen molar-refractivity contribution in [3.63, 3.8) is 0 Å². The monoisotopic (exact) mass is 281 g/mol. The van der Waals surface area contributed by atoms with Gasteiger partial charge in [-0.25, -0.2) is 9.97 Å². The largest absolute Gasteiger partial charge is 0.341 e. The molecule has 1 atom stereocenters. The van der Waals surface area contributed by atoms with E-state index in [0.29, 0.717) is 11.3 Å². The molecule has 3 nitrogen and oxygen atoms in total. The number of anilines is 1. The minimum atomic E-state index is 0.402. The van der Waals surface area contributed by atoms with Gasteiger partial charge in [0.2, 0.25) is 5.95 Å². The highest BCUT2D eigenvalue weighted by Gasteiger charge is 2.27. The average molecular weight is 282 g/mol. The van der Waals surface area contributed by atoms with Crippen LogP contribution in [0.25, 0.3) is 0 Å². The van der Waals surface area contributed by atoms with Gasteiger partial charge in [-0.3, -0.25) is 0 Å². The van der Waals surface area contributed by atoms with Crippen molar-refractivity contribution in [3.05, 3.63) is 18.0 Å². The molecular weight excluding hydrogens is 258 g/mol. The third-order valence-corrected chi connectivity index (χ3v) is 4.39. The summed E-state index contributed by atoms with van der Waals surface area (Å²) in [6.07, 6.45) is 7.43. The Labute approximate surface area is 121 Å². The standard InChI is InChI=1S/C15H24ClN3/c1-15(2,3)13-5-4-7-19(8-6-13)14-17-10-12(9-16)11-18-14/h10-11,13H,4-9H2,1-3H3. The van der Waals surface area contributed by atoms with E-state index in [1.54, 1.807) is 0 Å². The molecule has 0 spiro atoms. The molecule has 0 saturated carbocycles. The molecule has 0 radical (unpaired) electrons. The van der Waals surface area contributed by atoms with Gasteiger partial charge in [-0.15, -0.1) is 11.6 Å². The Morgan fingerprint density at radius 2 is 1.89 bits per heavy atom. The molecule has 1 aliphatic heterocycles. The van der Waals surface area contributed by atoms with E-state index in [9.17, 15) is 0 Å². The predicted molar refractivity (Wildman–Crippen MR) is 80.6 cm³/mol. The van der Waals surface area contributed by atoms with Gasteiger partial charge in [0, 0.05) is 31.0 Å². The quantitative estimate of drug-likeness (QED) is 0.771. The van der Waals surface area contributed by atoms with Gasteiger partial charge in [0.15, 0.2) is 0 Å². The Balaban J connectivity index is 2.02. The molecule has 1 aromatic heterocycles.